The first-order chi connectivity index (χ1) is 22.7. The second kappa shape index (κ2) is 37.8. The van der Waals surface area contributed by atoms with Crippen molar-refractivity contribution in [3.8, 4) is 0 Å². The van der Waals surface area contributed by atoms with Gasteiger partial charge in [-0.3, -0.25) is 14.4 Å². The molecule has 1 rings (SSSR count). The molecule has 15 nitrogen and oxygen atoms in total. The Morgan fingerprint density at radius 1 is 0.782 bits per heavy atom. The second-order valence-electron chi connectivity index (χ2n) is 11.8. The van der Waals surface area contributed by atoms with Gasteiger partial charge in [0.25, 0.3) is 0 Å². The average Bonchev–Trinajstić information content (AvgIpc) is 3.03. The summed E-state index contributed by atoms with van der Waals surface area (Å²) in [5, 5.41) is 0. The number of hydrogen-bond donors (Lipinski definition) is 0. The largest absolute Gasteiger partial charge is 1.00 e. The Morgan fingerprint density at radius 2 is 1.31 bits per heavy atom. The summed E-state index contributed by atoms with van der Waals surface area (Å²) in [6, 6.07) is 0. The fraction of sp³-hybridized carbons (Fsp3) is 0.763. The van der Waals surface area contributed by atoms with Crippen LogP contribution in [0.1, 0.15) is 125 Å². The van der Waals surface area contributed by atoms with E-state index in [2.05, 4.69) is 11.5 Å². The molecule has 324 valence electrons. The SMILES string of the molecule is C.C.C.C.C.C.C=CCOOCCOC(=O)/C=C/C(=O)OCCOC(=O)C(C)(C)CC(CC(CC)C(=O)OCCCS(=O)(=O)[O-])C(=O)OC1CCCCC1.[HH].[K+]. The van der Waals surface area contributed by atoms with Gasteiger partial charge in [0.05, 0.1) is 34.0 Å². The van der Waals surface area contributed by atoms with Crippen LogP contribution in [0.2, 0.25) is 0 Å². The molecule has 0 radical (unpaired) electrons. The molecule has 0 aliphatic heterocycles. The Labute approximate surface area is 376 Å². The zero-order valence-electron chi connectivity index (χ0n) is 29.0. The van der Waals surface area contributed by atoms with Gasteiger partial charge in [-0.1, -0.05) is 64.0 Å². The summed E-state index contributed by atoms with van der Waals surface area (Å²) in [5.41, 5.74) is -1.21. The molecule has 0 aromatic rings. The van der Waals surface area contributed by atoms with E-state index in [1.54, 1.807) is 20.8 Å². The van der Waals surface area contributed by atoms with Gasteiger partial charge in [-0.05, 0) is 65.2 Å². The quantitative estimate of drug-likeness (QED) is 0.0154. The first-order valence-electron chi connectivity index (χ1n) is 16.0. The molecular formula is C38H75KO15S. The standard InChI is InChI=1S/C32H50O15S.6CH4.K.H2/c1-5-15-45-46-20-19-42-28(34)14-13-27(33)41-17-18-44-31(37)32(3,4)23-25(30(36)47-26-11-8-7-9-12-26)22-24(6-2)29(35)43-16-10-21-48(38,39)40;;;;;;;;/h5,13-14,24-26H,1,6-12,15-23H2,2-4H3,(H,38,39,40);6*1H4;;1H/q;;;;;;;+1;/p-1/b14-13+;;;;;;;;. The summed E-state index contributed by atoms with van der Waals surface area (Å²) in [7, 11) is -4.44. The smallest absolute Gasteiger partial charge is 0.748 e. The molecule has 0 heterocycles. The molecule has 1 aliphatic carbocycles. The third-order valence-corrected chi connectivity index (χ3v) is 8.04. The molecule has 2 atom stereocenters. The summed E-state index contributed by atoms with van der Waals surface area (Å²) >= 11 is 0. The molecule has 0 amide bonds. The van der Waals surface area contributed by atoms with Crippen LogP contribution in [-0.2, 0) is 67.6 Å². The zero-order valence-corrected chi connectivity index (χ0v) is 33.0. The van der Waals surface area contributed by atoms with E-state index < -0.39 is 63.0 Å². The Bertz CT molecular complexity index is 1190. The van der Waals surface area contributed by atoms with E-state index in [-0.39, 0.29) is 162 Å². The second-order valence-corrected chi connectivity index (χ2v) is 13.3. The van der Waals surface area contributed by atoms with Gasteiger partial charge in [-0.15, -0.1) is 6.58 Å². The van der Waals surface area contributed by atoms with E-state index in [0.29, 0.717) is 6.42 Å². The fourth-order valence-corrected chi connectivity index (χ4v) is 5.21. The molecule has 2 unspecified atom stereocenters. The van der Waals surface area contributed by atoms with Crippen molar-refractivity contribution in [2.75, 3.05) is 45.4 Å². The molecule has 1 saturated carbocycles. The summed E-state index contributed by atoms with van der Waals surface area (Å²) < 4.78 is 58.5. The topological polar surface area (TPSA) is 207 Å². The van der Waals surface area contributed by atoms with Crippen LogP contribution < -0.4 is 51.4 Å². The predicted octanol–water partition coefficient (Wildman–Crippen LogP) is 4.18. The van der Waals surface area contributed by atoms with E-state index in [9.17, 15) is 36.9 Å². The Kier molecular flexibility index (Phi) is 46.8. The van der Waals surface area contributed by atoms with E-state index in [1.807, 2.05) is 0 Å². The minimum atomic E-state index is -4.44. The summed E-state index contributed by atoms with van der Waals surface area (Å²) in [6.45, 7) is 7.50. The molecule has 0 aromatic heterocycles. The molecule has 0 spiro atoms. The fourth-order valence-electron chi connectivity index (χ4n) is 4.74. The third kappa shape index (κ3) is 33.0. The van der Waals surface area contributed by atoms with Crippen LogP contribution in [0.25, 0.3) is 0 Å². The van der Waals surface area contributed by atoms with Crippen molar-refractivity contribution in [3.05, 3.63) is 24.8 Å². The van der Waals surface area contributed by atoms with Gasteiger partial charge in [0.2, 0.25) is 0 Å². The predicted molar refractivity (Wildman–Crippen MR) is 210 cm³/mol. The van der Waals surface area contributed by atoms with Gasteiger partial charge in [-0.2, -0.15) is 0 Å². The van der Waals surface area contributed by atoms with E-state index in [0.717, 1.165) is 44.3 Å². The van der Waals surface area contributed by atoms with Crippen LogP contribution in [0.5, 0.6) is 0 Å². The molecule has 0 bridgehead atoms. The van der Waals surface area contributed by atoms with Crippen LogP contribution in [0.15, 0.2) is 24.8 Å². The summed E-state index contributed by atoms with van der Waals surface area (Å²) in [6.07, 6.45) is 7.43. The number of rotatable bonds is 24. The van der Waals surface area contributed by atoms with Crippen molar-refractivity contribution >= 4 is 40.0 Å². The first-order valence-corrected chi connectivity index (χ1v) is 17.6. The maximum Gasteiger partial charge on any atom is 1.00 e. The van der Waals surface area contributed by atoms with Gasteiger partial charge >= 0.3 is 81.2 Å². The van der Waals surface area contributed by atoms with Gasteiger partial charge in [0.15, 0.2) is 0 Å². The number of carbonyl (C=O) groups is 5. The molecule has 0 aromatic carbocycles. The normalized spacial score (nSPS) is 13.3. The van der Waals surface area contributed by atoms with Crippen LogP contribution in [-0.4, -0.2) is 94.3 Å². The minimum absolute atomic E-state index is 0. The van der Waals surface area contributed by atoms with Crippen molar-refractivity contribution in [2.24, 2.45) is 17.3 Å². The maximum atomic E-state index is 13.4. The van der Waals surface area contributed by atoms with E-state index in [4.69, 9.17) is 28.6 Å². The summed E-state index contributed by atoms with van der Waals surface area (Å²) in [5.74, 6) is -5.84. The van der Waals surface area contributed by atoms with Crippen molar-refractivity contribution in [1.29, 1.82) is 0 Å². The molecule has 1 aliphatic rings. The van der Waals surface area contributed by atoms with Crippen LogP contribution in [0.4, 0.5) is 0 Å². The third-order valence-electron chi connectivity index (χ3n) is 7.25. The van der Waals surface area contributed by atoms with Crippen LogP contribution in [0.3, 0.4) is 0 Å². The van der Waals surface area contributed by atoms with E-state index in [1.165, 1.54) is 6.08 Å². The maximum absolute atomic E-state index is 13.4. The first kappa shape index (κ1) is 68.0. The van der Waals surface area contributed by atoms with Gasteiger partial charge < -0.3 is 28.2 Å². The number of hydrogen-bond acceptors (Lipinski definition) is 15. The molecular weight excluding hydrogens is 768 g/mol. The minimum Gasteiger partial charge on any atom is -0.748 e. The van der Waals surface area contributed by atoms with E-state index >= 15 is 0 Å². The summed E-state index contributed by atoms with van der Waals surface area (Å²) in [4.78, 5) is 72.1. The van der Waals surface area contributed by atoms with Crippen LogP contribution >= 0.6 is 0 Å². The van der Waals surface area contributed by atoms with Crippen molar-refractivity contribution < 1.29 is 123 Å². The van der Waals surface area contributed by atoms with Crippen molar-refractivity contribution in [2.45, 2.75) is 129 Å². The Balaban J connectivity index is -0.000000480. The number of ether oxygens (including phenoxy) is 5. The monoisotopic (exact) mass is 842 g/mol. The molecule has 1 fully saturated rings. The molecule has 17 heteroatoms. The average molecular weight is 843 g/mol. The Morgan fingerprint density at radius 3 is 1.82 bits per heavy atom. The number of esters is 5. The van der Waals surface area contributed by atoms with Crippen molar-refractivity contribution in [1.82, 2.24) is 0 Å². The zero-order chi connectivity index (χ0) is 36.0. The van der Waals surface area contributed by atoms with Gasteiger partial charge in [0.1, 0.15) is 39.1 Å². The van der Waals surface area contributed by atoms with Gasteiger partial charge in [0, 0.05) is 19.3 Å². The molecule has 0 saturated heterocycles. The number of carbonyl (C=O) groups excluding carboxylic acids is 5. The Hall–Kier alpha value is -1.70. The molecule has 55 heavy (non-hydrogen) atoms. The van der Waals surface area contributed by atoms with Crippen LogP contribution in [0, 0.1) is 17.3 Å². The van der Waals surface area contributed by atoms with Gasteiger partial charge in [-0.25, -0.2) is 27.8 Å². The van der Waals surface area contributed by atoms with Crippen molar-refractivity contribution in [3.63, 3.8) is 0 Å². The molecule has 0 N–H and O–H groups in total.